The Morgan fingerprint density at radius 2 is 1.52 bits per heavy atom. The summed E-state index contributed by atoms with van der Waals surface area (Å²) in [5.41, 5.74) is 4.13. The predicted octanol–water partition coefficient (Wildman–Crippen LogP) is 6.77. The Morgan fingerprint density at radius 1 is 0.966 bits per heavy atom. The summed E-state index contributed by atoms with van der Waals surface area (Å²) in [6, 6.07) is 11.6. The Kier molecular flexibility index (Phi) is 13.3. The van der Waals surface area contributed by atoms with Crippen molar-refractivity contribution >= 4 is 21.6 Å². The second kappa shape index (κ2) is 14.2. The molecule has 3 rings (SSSR count). The summed E-state index contributed by atoms with van der Waals surface area (Å²) in [6.07, 6.45) is 1.58. The molecule has 29 heavy (non-hydrogen) atoms. The van der Waals surface area contributed by atoms with Crippen LogP contribution in [0.15, 0.2) is 42.6 Å². The first-order valence-corrected chi connectivity index (χ1v) is 11.4. The van der Waals surface area contributed by atoms with Crippen molar-refractivity contribution in [2.45, 2.75) is 72.7 Å². The highest BCUT2D eigenvalue weighted by Gasteiger charge is 2.21. The highest BCUT2D eigenvalue weighted by atomic mass is 79.9. The highest BCUT2D eigenvalue weighted by molar-refractivity contribution is 9.09. The van der Waals surface area contributed by atoms with Crippen LogP contribution in [0.4, 0.5) is 0 Å². The molecule has 2 aromatic heterocycles. The second-order valence-corrected chi connectivity index (χ2v) is 6.74. The molecular weight excluding hydrogens is 428 g/mol. The molecule has 3 aromatic rings. The standard InChI is InChI=1S/C18H19BrN2O2.3C2H6/c1-11-12(2)21-9-8-14(17(23)18(21)20-11)10-15(22)16(19)13-6-4-3-5-7-13;3*1-2/h3-9,15-16,22-23H,10H2,1-2H3;3*1-2H3. The van der Waals surface area contributed by atoms with Crippen molar-refractivity contribution in [2.24, 2.45) is 0 Å². The van der Waals surface area contributed by atoms with Gasteiger partial charge in [-0.3, -0.25) is 0 Å². The quantitative estimate of drug-likeness (QED) is 0.418. The van der Waals surface area contributed by atoms with E-state index in [1.54, 1.807) is 0 Å². The van der Waals surface area contributed by atoms with Crippen molar-refractivity contribution in [3.8, 4) is 5.75 Å². The Labute approximate surface area is 184 Å². The van der Waals surface area contributed by atoms with Crippen LogP contribution in [0.3, 0.4) is 0 Å². The van der Waals surface area contributed by atoms with Crippen LogP contribution in [0, 0.1) is 13.8 Å². The van der Waals surface area contributed by atoms with Gasteiger partial charge in [-0.1, -0.05) is 87.8 Å². The number of aromatic hydroxyl groups is 1. The molecule has 0 saturated carbocycles. The number of hydrogen-bond donors (Lipinski definition) is 2. The van der Waals surface area contributed by atoms with Crippen LogP contribution in [0.2, 0.25) is 0 Å². The highest BCUT2D eigenvalue weighted by Crippen LogP contribution is 2.32. The normalized spacial score (nSPS) is 11.8. The number of pyridine rings is 1. The van der Waals surface area contributed by atoms with Gasteiger partial charge in [-0.25, -0.2) is 4.98 Å². The first kappa shape index (κ1) is 27.1. The number of nitrogens with zero attached hydrogens (tertiary/aromatic N) is 2. The fraction of sp³-hybridized carbons (Fsp3) is 0.458. The zero-order valence-corrected chi connectivity index (χ0v) is 20.7. The molecule has 0 aliphatic carbocycles. The van der Waals surface area contributed by atoms with E-state index in [1.165, 1.54) is 0 Å². The van der Waals surface area contributed by atoms with Gasteiger partial charge in [0.05, 0.1) is 16.6 Å². The van der Waals surface area contributed by atoms with E-state index < -0.39 is 6.10 Å². The largest absolute Gasteiger partial charge is 0.504 e. The van der Waals surface area contributed by atoms with E-state index in [-0.39, 0.29) is 10.6 Å². The van der Waals surface area contributed by atoms with E-state index in [0.29, 0.717) is 17.6 Å². The lowest BCUT2D eigenvalue weighted by molar-refractivity contribution is 0.173. The molecule has 0 radical (unpaired) electrons. The number of alkyl halides is 1. The Morgan fingerprint density at radius 3 is 2.07 bits per heavy atom. The van der Waals surface area contributed by atoms with Gasteiger partial charge in [-0.15, -0.1) is 0 Å². The summed E-state index contributed by atoms with van der Waals surface area (Å²) >= 11 is 3.55. The molecule has 0 aliphatic rings. The zero-order valence-electron chi connectivity index (χ0n) is 19.1. The molecule has 0 spiro atoms. The average Bonchev–Trinajstić information content (AvgIpc) is 3.09. The third kappa shape index (κ3) is 6.86. The number of imidazole rings is 1. The Hall–Kier alpha value is -1.85. The minimum Gasteiger partial charge on any atom is -0.504 e. The van der Waals surface area contributed by atoms with E-state index in [1.807, 2.05) is 102 Å². The van der Waals surface area contributed by atoms with Gasteiger partial charge >= 0.3 is 0 Å². The number of benzene rings is 1. The summed E-state index contributed by atoms with van der Waals surface area (Å²) in [7, 11) is 0. The minimum atomic E-state index is -0.650. The summed E-state index contributed by atoms with van der Waals surface area (Å²) in [5.74, 6) is 0.135. The van der Waals surface area contributed by atoms with Gasteiger partial charge in [0.15, 0.2) is 11.4 Å². The van der Waals surface area contributed by atoms with Crippen LogP contribution in [-0.4, -0.2) is 25.7 Å². The molecular formula is C24H37BrN2O2. The van der Waals surface area contributed by atoms with Crippen molar-refractivity contribution in [3.05, 3.63) is 65.1 Å². The maximum Gasteiger partial charge on any atom is 0.180 e. The molecule has 0 bridgehead atoms. The number of aliphatic hydroxyl groups is 1. The van der Waals surface area contributed by atoms with Gasteiger partial charge in [0.25, 0.3) is 0 Å². The van der Waals surface area contributed by atoms with Gasteiger partial charge in [-0.2, -0.15) is 0 Å². The summed E-state index contributed by atoms with van der Waals surface area (Å²) < 4.78 is 1.86. The molecule has 2 N–H and O–H groups in total. The van der Waals surface area contributed by atoms with E-state index in [0.717, 1.165) is 17.0 Å². The van der Waals surface area contributed by atoms with E-state index >= 15 is 0 Å². The van der Waals surface area contributed by atoms with Crippen LogP contribution >= 0.6 is 15.9 Å². The topological polar surface area (TPSA) is 57.8 Å². The third-order valence-electron chi connectivity index (χ3n) is 4.21. The fourth-order valence-electron chi connectivity index (χ4n) is 2.72. The van der Waals surface area contributed by atoms with Crippen molar-refractivity contribution in [1.82, 2.24) is 9.38 Å². The monoisotopic (exact) mass is 464 g/mol. The maximum absolute atomic E-state index is 10.5. The molecule has 0 saturated heterocycles. The fourth-order valence-corrected chi connectivity index (χ4v) is 3.21. The van der Waals surface area contributed by atoms with Gasteiger partial charge in [0, 0.05) is 23.9 Å². The van der Waals surface area contributed by atoms with Crippen molar-refractivity contribution < 1.29 is 10.2 Å². The molecule has 2 heterocycles. The lowest BCUT2D eigenvalue weighted by Gasteiger charge is -2.18. The number of fused-ring (bicyclic) bond motifs is 1. The average molecular weight is 465 g/mol. The van der Waals surface area contributed by atoms with Crippen LogP contribution in [-0.2, 0) is 6.42 Å². The molecule has 1 aromatic carbocycles. The molecule has 0 amide bonds. The SMILES string of the molecule is CC.CC.CC.Cc1nc2c(O)c(CC(O)C(Br)c3ccccc3)ccn2c1C. The van der Waals surface area contributed by atoms with E-state index in [9.17, 15) is 10.2 Å². The van der Waals surface area contributed by atoms with Crippen LogP contribution < -0.4 is 0 Å². The van der Waals surface area contributed by atoms with Gasteiger partial charge in [0.1, 0.15) is 0 Å². The van der Waals surface area contributed by atoms with E-state index in [4.69, 9.17) is 0 Å². The first-order valence-electron chi connectivity index (χ1n) is 10.5. The Bertz CT molecular complexity index is 832. The smallest absolute Gasteiger partial charge is 0.180 e. The number of aromatic nitrogens is 2. The molecule has 0 aliphatic heterocycles. The Balaban J connectivity index is 0.00000120. The predicted molar refractivity (Wildman–Crippen MR) is 128 cm³/mol. The maximum atomic E-state index is 10.5. The zero-order chi connectivity index (χ0) is 22.6. The van der Waals surface area contributed by atoms with Gasteiger partial charge in [0.2, 0.25) is 0 Å². The molecule has 2 unspecified atom stereocenters. The van der Waals surface area contributed by atoms with Gasteiger partial charge < -0.3 is 14.6 Å². The third-order valence-corrected chi connectivity index (χ3v) is 5.35. The van der Waals surface area contributed by atoms with Crippen molar-refractivity contribution in [3.63, 3.8) is 0 Å². The summed E-state index contributed by atoms with van der Waals surface area (Å²) in [4.78, 5) is 4.21. The van der Waals surface area contributed by atoms with Crippen molar-refractivity contribution in [2.75, 3.05) is 0 Å². The number of halogens is 1. The van der Waals surface area contributed by atoms with Crippen LogP contribution in [0.25, 0.3) is 5.65 Å². The minimum absolute atomic E-state index is 0.135. The number of hydrogen-bond acceptors (Lipinski definition) is 3. The molecule has 4 nitrogen and oxygen atoms in total. The number of aryl methyl sites for hydroxylation is 2. The summed E-state index contributed by atoms with van der Waals surface area (Å²) in [6.45, 7) is 15.9. The van der Waals surface area contributed by atoms with E-state index in [2.05, 4.69) is 20.9 Å². The van der Waals surface area contributed by atoms with Crippen LogP contribution in [0.5, 0.6) is 5.75 Å². The first-order chi connectivity index (χ1) is 14.0. The van der Waals surface area contributed by atoms with Gasteiger partial charge in [-0.05, 0) is 25.5 Å². The lowest BCUT2D eigenvalue weighted by atomic mass is 10.0. The summed E-state index contributed by atoms with van der Waals surface area (Å²) in [5, 5.41) is 21.0. The number of rotatable bonds is 4. The molecule has 162 valence electrons. The molecule has 5 heteroatoms. The van der Waals surface area contributed by atoms with Crippen LogP contribution in [0.1, 0.15) is 68.9 Å². The van der Waals surface area contributed by atoms with Crippen molar-refractivity contribution in [1.29, 1.82) is 0 Å². The molecule has 0 fully saturated rings. The number of aliphatic hydroxyl groups excluding tert-OH is 1. The molecule has 2 atom stereocenters. The lowest BCUT2D eigenvalue weighted by Crippen LogP contribution is -2.17. The second-order valence-electron chi connectivity index (χ2n) is 5.75.